The highest BCUT2D eigenvalue weighted by molar-refractivity contribution is 5.71. The number of esters is 3. The van der Waals surface area contributed by atoms with Crippen LogP contribution in [0, 0.1) is 17.8 Å². The molecule has 0 saturated heterocycles. The van der Waals surface area contributed by atoms with Gasteiger partial charge in [-0.2, -0.15) is 0 Å². The maximum atomic E-state index is 12.8. The molecular formula is C59H114O6. The van der Waals surface area contributed by atoms with Crippen LogP contribution in [0.15, 0.2) is 0 Å². The second-order valence-corrected chi connectivity index (χ2v) is 21.2. The molecule has 0 amide bonds. The number of carbonyl (C=O) groups excluding carboxylic acids is 3. The number of hydrogen-bond donors (Lipinski definition) is 0. The third kappa shape index (κ3) is 50.1. The zero-order valence-electron chi connectivity index (χ0n) is 44.8. The first-order valence-electron chi connectivity index (χ1n) is 29.2. The van der Waals surface area contributed by atoms with Crippen molar-refractivity contribution in [2.75, 3.05) is 13.2 Å². The predicted octanol–water partition coefficient (Wildman–Crippen LogP) is 19.1. The Morgan fingerprint density at radius 1 is 0.308 bits per heavy atom. The molecule has 2 unspecified atom stereocenters. The van der Waals surface area contributed by atoms with Gasteiger partial charge in [-0.05, 0) is 37.0 Å². The van der Waals surface area contributed by atoms with Crippen molar-refractivity contribution in [1.29, 1.82) is 0 Å². The lowest BCUT2D eigenvalue weighted by atomic mass is 9.99. The lowest BCUT2D eigenvalue weighted by Crippen LogP contribution is -2.30. The summed E-state index contributed by atoms with van der Waals surface area (Å²) >= 11 is 0. The third-order valence-electron chi connectivity index (χ3n) is 14.1. The summed E-state index contributed by atoms with van der Waals surface area (Å²) in [6, 6.07) is 0. The molecule has 0 fully saturated rings. The molecule has 0 spiro atoms. The molecular weight excluding hydrogens is 805 g/mol. The van der Waals surface area contributed by atoms with Gasteiger partial charge >= 0.3 is 17.9 Å². The molecule has 386 valence electrons. The first-order valence-corrected chi connectivity index (χ1v) is 29.2. The molecule has 0 aliphatic rings. The van der Waals surface area contributed by atoms with Gasteiger partial charge in [0, 0.05) is 19.3 Å². The summed E-state index contributed by atoms with van der Waals surface area (Å²) in [6.45, 7) is 13.8. The van der Waals surface area contributed by atoms with E-state index in [2.05, 4.69) is 41.5 Å². The molecule has 0 aliphatic carbocycles. The molecule has 3 atom stereocenters. The Bertz CT molecular complexity index is 1010. The topological polar surface area (TPSA) is 78.9 Å². The van der Waals surface area contributed by atoms with Gasteiger partial charge in [0.05, 0.1) is 0 Å². The molecule has 0 aromatic rings. The van der Waals surface area contributed by atoms with Crippen molar-refractivity contribution in [1.82, 2.24) is 0 Å². The van der Waals surface area contributed by atoms with Crippen LogP contribution in [0.4, 0.5) is 0 Å². The van der Waals surface area contributed by atoms with E-state index in [1.807, 2.05) is 0 Å². The van der Waals surface area contributed by atoms with Crippen LogP contribution in [-0.2, 0) is 28.6 Å². The summed E-state index contributed by atoms with van der Waals surface area (Å²) in [4.78, 5) is 38.1. The fourth-order valence-corrected chi connectivity index (χ4v) is 8.93. The fourth-order valence-electron chi connectivity index (χ4n) is 8.93. The average Bonchev–Trinajstić information content (AvgIpc) is 3.29. The van der Waals surface area contributed by atoms with Gasteiger partial charge in [0.1, 0.15) is 13.2 Å². The molecule has 0 bridgehead atoms. The van der Waals surface area contributed by atoms with E-state index in [-0.39, 0.29) is 31.1 Å². The maximum Gasteiger partial charge on any atom is 0.306 e. The van der Waals surface area contributed by atoms with Crippen molar-refractivity contribution in [3.8, 4) is 0 Å². The van der Waals surface area contributed by atoms with Crippen molar-refractivity contribution >= 4 is 17.9 Å². The first-order chi connectivity index (χ1) is 31.7. The molecule has 0 radical (unpaired) electrons. The molecule has 0 aromatic carbocycles. The Kier molecular flexibility index (Phi) is 49.1. The number of hydrogen-bond acceptors (Lipinski definition) is 6. The summed E-state index contributed by atoms with van der Waals surface area (Å²) in [5.41, 5.74) is 0. The van der Waals surface area contributed by atoms with E-state index in [0.29, 0.717) is 19.3 Å². The zero-order valence-corrected chi connectivity index (χ0v) is 44.8. The van der Waals surface area contributed by atoms with Crippen LogP contribution in [0.5, 0.6) is 0 Å². The van der Waals surface area contributed by atoms with Crippen LogP contribution < -0.4 is 0 Å². The largest absolute Gasteiger partial charge is 0.462 e. The molecule has 6 heteroatoms. The van der Waals surface area contributed by atoms with Gasteiger partial charge in [-0.3, -0.25) is 14.4 Å². The highest BCUT2D eigenvalue weighted by Gasteiger charge is 2.19. The Balaban J connectivity index is 4.25. The fraction of sp³-hybridized carbons (Fsp3) is 0.949. The zero-order chi connectivity index (χ0) is 47.7. The normalized spacial score (nSPS) is 13.0. The molecule has 0 saturated carbocycles. The molecule has 0 rings (SSSR count). The van der Waals surface area contributed by atoms with Gasteiger partial charge in [0.25, 0.3) is 0 Å². The first kappa shape index (κ1) is 63.4. The van der Waals surface area contributed by atoms with E-state index in [4.69, 9.17) is 14.2 Å². The minimum absolute atomic E-state index is 0.0642. The Morgan fingerprint density at radius 2 is 0.538 bits per heavy atom. The van der Waals surface area contributed by atoms with E-state index < -0.39 is 6.10 Å². The molecule has 0 N–H and O–H groups in total. The van der Waals surface area contributed by atoms with Crippen molar-refractivity contribution < 1.29 is 28.6 Å². The van der Waals surface area contributed by atoms with Gasteiger partial charge in [-0.25, -0.2) is 0 Å². The number of carbonyl (C=O) groups is 3. The van der Waals surface area contributed by atoms with E-state index in [1.165, 1.54) is 205 Å². The third-order valence-corrected chi connectivity index (χ3v) is 14.1. The summed E-state index contributed by atoms with van der Waals surface area (Å²) in [5.74, 6) is 1.71. The monoisotopic (exact) mass is 919 g/mol. The minimum atomic E-state index is -0.764. The van der Waals surface area contributed by atoms with Gasteiger partial charge in [-0.1, -0.05) is 286 Å². The van der Waals surface area contributed by atoms with Crippen LogP contribution in [0.1, 0.15) is 324 Å². The summed E-state index contributed by atoms with van der Waals surface area (Å²) < 4.78 is 16.9. The average molecular weight is 920 g/mol. The highest BCUT2D eigenvalue weighted by Crippen LogP contribution is 2.19. The van der Waals surface area contributed by atoms with E-state index in [1.54, 1.807) is 0 Å². The molecule has 0 heterocycles. The van der Waals surface area contributed by atoms with Crippen molar-refractivity contribution in [2.24, 2.45) is 17.8 Å². The Hall–Kier alpha value is -1.59. The lowest BCUT2D eigenvalue weighted by Gasteiger charge is -2.18. The highest BCUT2D eigenvalue weighted by atomic mass is 16.6. The van der Waals surface area contributed by atoms with Gasteiger partial charge in [-0.15, -0.1) is 0 Å². The van der Waals surface area contributed by atoms with E-state index >= 15 is 0 Å². The van der Waals surface area contributed by atoms with Gasteiger partial charge in [0.15, 0.2) is 6.10 Å². The minimum Gasteiger partial charge on any atom is -0.462 e. The molecule has 0 aliphatic heterocycles. The number of ether oxygens (including phenoxy) is 3. The maximum absolute atomic E-state index is 12.8. The van der Waals surface area contributed by atoms with Crippen molar-refractivity contribution in [3.05, 3.63) is 0 Å². The second kappa shape index (κ2) is 50.3. The summed E-state index contributed by atoms with van der Waals surface area (Å²) in [6.07, 6.45) is 52.4. The summed E-state index contributed by atoms with van der Waals surface area (Å²) in [7, 11) is 0. The van der Waals surface area contributed by atoms with Crippen LogP contribution >= 0.6 is 0 Å². The molecule has 6 nitrogen and oxygen atoms in total. The second-order valence-electron chi connectivity index (χ2n) is 21.2. The van der Waals surface area contributed by atoms with Gasteiger partial charge < -0.3 is 14.2 Å². The van der Waals surface area contributed by atoms with Crippen LogP contribution in [-0.4, -0.2) is 37.2 Å². The predicted molar refractivity (Wildman–Crippen MR) is 279 cm³/mol. The van der Waals surface area contributed by atoms with Gasteiger partial charge in [0.2, 0.25) is 0 Å². The molecule has 0 aromatic heterocycles. The van der Waals surface area contributed by atoms with Crippen LogP contribution in [0.3, 0.4) is 0 Å². The smallest absolute Gasteiger partial charge is 0.306 e. The quantitative estimate of drug-likeness (QED) is 0.0344. The lowest BCUT2D eigenvalue weighted by molar-refractivity contribution is -0.167. The SMILES string of the molecule is CCC(C)CCCCCCCCCCCCCCCCC(=O)OC[C@H](COC(=O)CCCCCCCCC(C)CC)OC(=O)CCCCCCCCCCCCCCCCCCC(C)C. The standard InChI is InChI=1S/C59H114O6/c1-7-54(5)46-40-34-28-24-20-16-13-14-17-21-25-29-36-42-48-57(60)63-51-56(52-64-58(61)49-43-37-32-31-35-41-47-55(6)8-2)65-59(62)50-44-38-30-26-22-18-12-10-9-11-15-19-23-27-33-39-45-53(3)4/h53-56H,7-52H2,1-6H3/t54?,55?,56-/m1/s1. The molecule has 65 heavy (non-hydrogen) atoms. The van der Waals surface area contributed by atoms with Crippen LogP contribution in [0.25, 0.3) is 0 Å². The van der Waals surface area contributed by atoms with E-state index in [9.17, 15) is 14.4 Å². The summed E-state index contributed by atoms with van der Waals surface area (Å²) in [5, 5.41) is 0. The van der Waals surface area contributed by atoms with Crippen molar-refractivity contribution in [3.63, 3.8) is 0 Å². The number of rotatable bonds is 52. The van der Waals surface area contributed by atoms with Crippen molar-refractivity contribution in [2.45, 2.75) is 330 Å². The number of unbranched alkanes of at least 4 members (excludes halogenated alkanes) is 33. The van der Waals surface area contributed by atoms with Crippen LogP contribution in [0.2, 0.25) is 0 Å². The Labute approximate surface area is 406 Å². The Morgan fingerprint density at radius 3 is 0.800 bits per heavy atom. The van der Waals surface area contributed by atoms with E-state index in [0.717, 1.165) is 75.5 Å².